The van der Waals surface area contributed by atoms with Crippen molar-refractivity contribution < 1.29 is 0 Å². The van der Waals surface area contributed by atoms with Crippen molar-refractivity contribution in [3.8, 4) is 45.9 Å². The van der Waals surface area contributed by atoms with Crippen LogP contribution in [0.5, 0.6) is 0 Å². The summed E-state index contributed by atoms with van der Waals surface area (Å²) >= 11 is 0. The molecule has 200 valence electrons. The van der Waals surface area contributed by atoms with Crippen LogP contribution in [0.2, 0.25) is 0 Å². The highest BCUT2D eigenvalue weighted by molar-refractivity contribution is 5.95. The van der Waals surface area contributed by atoms with Crippen molar-refractivity contribution in [3.05, 3.63) is 177 Å². The molecule has 0 unspecified atom stereocenters. The highest BCUT2D eigenvalue weighted by Gasteiger charge is 2.52. The van der Waals surface area contributed by atoms with Crippen molar-refractivity contribution in [2.24, 2.45) is 0 Å². The van der Waals surface area contributed by atoms with Crippen LogP contribution >= 0.6 is 0 Å². The lowest BCUT2D eigenvalue weighted by Gasteiger charge is -2.31. The molecule has 2 aromatic heterocycles. The van der Waals surface area contributed by atoms with Gasteiger partial charge in [-0.05, 0) is 107 Å². The van der Waals surface area contributed by atoms with Crippen molar-refractivity contribution >= 4 is 0 Å². The van der Waals surface area contributed by atoms with E-state index in [1.165, 1.54) is 55.6 Å². The number of fused-ring (bicyclic) bond motifs is 10. The standard InChI is InChI=1S/C41H26N2/c1-27-3-11-33-35-13-9-31(7-5-29-15-19-42-20-16-29)25-39(35)41(37(33)23-27)38-24-28(2)4-12-34(38)36-14-10-32(26-40(36)41)8-6-30-17-21-43-22-18-30/h3-4,9-26H,1-2H3. The summed E-state index contributed by atoms with van der Waals surface area (Å²) in [5, 5.41) is 0. The van der Waals surface area contributed by atoms with Gasteiger partial charge in [0.2, 0.25) is 0 Å². The topological polar surface area (TPSA) is 25.8 Å². The molecule has 1 spiro atoms. The first-order valence-electron chi connectivity index (χ1n) is 14.5. The molecule has 2 aliphatic carbocycles. The van der Waals surface area contributed by atoms with Crippen LogP contribution in [-0.4, -0.2) is 9.97 Å². The Morgan fingerprint density at radius 1 is 0.395 bits per heavy atom. The summed E-state index contributed by atoms with van der Waals surface area (Å²) < 4.78 is 0. The summed E-state index contributed by atoms with van der Waals surface area (Å²) in [6.45, 7) is 4.37. The van der Waals surface area contributed by atoms with E-state index in [9.17, 15) is 0 Å². The van der Waals surface area contributed by atoms with Gasteiger partial charge in [0.15, 0.2) is 0 Å². The summed E-state index contributed by atoms with van der Waals surface area (Å²) in [4.78, 5) is 8.27. The number of benzene rings is 4. The van der Waals surface area contributed by atoms with Crippen LogP contribution < -0.4 is 0 Å². The van der Waals surface area contributed by atoms with Crippen LogP contribution in [0.4, 0.5) is 0 Å². The molecule has 43 heavy (non-hydrogen) atoms. The van der Waals surface area contributed by atoms with E-state index in [-0.39, 0.29) is 0 Å². The minimum atomic E-state index is -0.462. The fourth-order valence-corrected chi connectivity index (χ4v) is 6.77. The lowest BCUT2D eigenvalue weighted by atomic mass is 9.69. The third kappa shape index (κ3) is 3.93. The molecule has 6 aromatic rings. The van der Waals surface area contributed by atoms with Gasteiger partial charge < -0.3 is 0 Å². The van der Waals surface area contributed by atoms with Crippen molar-refractivity contribution in [3.63, 3.8) is 0 Å². The molecule has 0 amide bonds. The third-order valence-corrected chi connectivity index (χ3v) is 8.65. The molecule has 0 atom stereocenters. The molecule has 0 fully saturated rings. The molecule has 2 aliphatic rings. The maximum Gasteiger partial charge on any atom is 0.0726 e. The number of rotatable bonds is 0. The molecule has 0 saturated heterocycles. The second kappa shape index (κ2) is 9.70. The van der Waals surface area contributed by atoms with Gasteiger partial charge in [0.05, 0.1) is 5.41 Å². The summed E-state index contributed by atoms with van der Waals surface area (Å²) in [7, 11) is 0. The average molecular weight is 547 g/mol. The molecule has 2 nitrogen and oxygen atoms in total. The fourth-order valence-electron chi connectivity index (χ4n) is 6.77. The monoisotopic (exact) mass is 546 g/mol. The van der Waals surface area contributed by atoms with Gasteiger partial charge in [-0.2, -0.15) is 0 Å². The average Bonchev–Trinajstić information content (AvgIpc) is 3.49. The van der Waals surface area contributed by atoms with Gasteiger partial charge >= 0.3 is 0 Å². The highest BCUT2D eigenvalue weighted by atomic mass is 14.6. The normalized spacial score (nSPS) is 12.7. The number of pyridine rings is 2. The van der Waals surface area contributed by atoms with Crippen LogP contribution in [0.15, 0.2) is 122 Å². The number of aromatic nitrogens is 2. The fraction of sp³-hybridized carbons (Fsp3) is 0.0732. The smallest absolute Gasteiger partial charge is 0.0726 e. The molecule has 0 saturated carbocycles. The molecule has 2 heteroatoms. The molecule has 8 rings (SSSR count). The third-order valence-electron chi connectivity index (χ3n) is 8.65. The summed E-state index contributed by atoms with van der Waals surface area (Å²) in [5.41, 5.74) is 16.2. The molecule has 0 aliphatic heterocycles. The second-order valence-corrected chi connectivity index (χ2v) is 11.3. The molecule has 2 heterocycles. The lowest BCUT2D eigenvalue weighted by molar-refractivity contribution is 0.791. The molecule has 0 N–H and O–H groups in total. The van der Waals surface area contributed by atoms with E-state index in [0.717, 1.165) is 22.3 Å². The van der Waals surface area contributed by atoms with Gasteiger partial charge in [0.1, 0.15) is 0 Å². The van der Waals surface area contributed by atoms with Crippen molar-refractivity contribution in [1.82, 2.24) is 9.97 Å². The van der Waals surface area contributed by atoms with Crippen LogP contribution in [0.1, 0.15) is 55.6 Å². The Kier molecular flexibility index (Phi) is 5.65. The Morgan fingerprint density at radius 2 is 0.744 bits per heavy atom. The van der Waals surface area contributed by atoms with Crippen LogP contribution in [0.3, 0.4) is 0 Å². The van der Waals surface area contributed by atoms with Gasteiger partial charge in [-0.1, -0.05) is 83.3 Å². The predicted octanol–water partition coefficient (Wildman–Crippen LogP) is 8.24. The van der Waals surface area contributed by atoms with Gasteiger partial charge in [0, 0.05) is 47.0 Å². The molecular formula is C41H26N2. The quantitative estimate of drug-likeness (QED) is 0.179. The number of hydrogen-bond donors (Lipinski definition) is 0. The minimum Gasteiger partial charge on any atom is -0.265 e. The van der Waals surface area contributed by atoms with Crippen molar-refractivity contribution in [1.29, 1.82) is 0 Å². The van der Waals surface area contributed by atoms with Crippen molar-refractivity contribution in [2.75, 3.05) is 0 Å². The Balaban J connectivity index is 1.41. The SMILES string of the molecule is Cc1ccc2c(c1)C1(c3cc(C)ccc3-c3ccc(C#Cc4ccncc4)cc31)c1cc(C#Cc3ccncc3)ccc1-2. The zero-order chi connectivity index (χ0) is 29.0. The van der Waals surface area contributed by atoms with E-state index >= 15 is 0 Å². The van der Waals surface area contributed by atoms with Gasteiger partial charge in [-0.15, -0.1) is 0 Å². The van der Waals surface area contributed by atoms with E-state index in [1.807, 2.05) is 24.3 Å². The van der Waals surface area contributed by atoms with Crippen LogP contribution in [0.25, 0.3) is 22.3 Å². The second-order valence-electron chi connectivity index (χ2n) is 11.3. The summed E-state index contributed by atoms with van der Waals surface area (Å²) in [6, 6.07) is 35.0. The van der Waals surface area contributed by atoms with E-state index < -0.39 is 5.41 Å². The van der Waals surface area contributed by atoms with Gasteiger partial charge in [0.25, 0.3) is 0 Å². The molecule has 0 bridgehead atoms. The molecule has 4 aromatic carbocycles. The first-order valence-corrected chi connectivity index (χ1v) is 14.5. The number of aryl methyl sites for hydroxylation is 2. The Morgan fingerprint density at radius 3 is 1.16 bits per heavy atom. The van der Waals surface area contributed by atoms with Gasteiger partial charge in [-0.25, -0.2) is 0 Å². The lowest BCUT2D eigenvalue weighted by Crippen LogP contribution is -2.26. The van der Waals surface area contributed by atoms with Gasteiger partial charge in [-0.3, -0.25) is 9.97 Å². The Labute approximate surface area is 252 Å². The largest absolute Gasteiger partial charge is 0.265 e. The van der Waals surface area contributed by atoms with Crippen LogP contribution in [0, 0.1) is 37.5 Å². The molecule has 0 radical (unpaired) electrons. The van der Waals surface area contributed by atoms with E-state index in [1.54, 1.807) is 24.8 Å². The molecular weight excluding hydrogens is 520 g/mol. The summed E-state index contributed by atoms with van der Waals surface area (Å²) in [6.07, 6.45) is 7.13. The number of hydrogen-bond acceptors (Lipinski definition) is 2. The Hall–Kier alpha value is -5.70. The van der Waals surface area contributed by atoms with E-state index in [4.69, 9.17) is 0 Å². The predicted molar refractivity (Wildman–Crippen MR) is 173 cm³/mol. The maximum absolute atomic E-state index is 4.13. The zero-order valence-corrected chi connectivity index (χ0v) is 23.9. The maximum atomic E-state index is 4.13. The summed E-state index contributed by atoms with van der Waals surface area (Å²) in [5.74, 6) is 13.6. The highest BCUT2D eigenvalue weighted by Crippen LogP contribution is 2.63. The first kappa shape index (κ1) is 25.0. The van der Waals surface area contributed by atoms with E-state index in [2.05, 4.69) is 120 Å². The zero-order valence-electron chi connectivity index (χ0n) is 23.9. The van der Waals surface area contributed by atoms with Crippen LogP contribution in [-0.2, 0) is 5.41 Å². The first-order chi connectivity index (χ1) is 21.1. The minimum absolute atomic E-state index is 0.462. The Bertz CT molecular complexity index is 2040. The van der Waals surface area contributed by atoms with Crippen molar-refractivity contribution in [2.45, 2.75) is 19.3 Å². The number of nitrogens with zero attached hydrogens (tertiary/aromatic N) is 2. The van der Waals surface area contributed by atoms with E-state index in [0.29, 0.717) is 0 Å².